The van der Waals surface area contributed by atoms with E-state index in [2.05, 4.69) is 109 Å². The van der Waals surface area contributed by atoms with Gasteiger partial charge in [-0.25, -0.2) is 11.1 Å². The summed E-state index contributed by atoms with van der Waals surface area (Å²) in [6.07, 6.45) is 2.21. The Balaban J connectivity index is 0.000000165. The minimum atomic E-state index is 0. The van der Waals surface area contributed by atoms with Crippen molar-refractivity contribution in [2.45, 2.75) is 40.5 Å². The molecule has 2 aliphatic rings. The summed E-state index contributed by atoms with van der Waals surface area (Å²) in [7, 11) is 0. The van der Waals surface area contributed by atoms with Crippen LogP contribution in [0.25, 0.3) is 33.4 Å². The van der Waals surface area contributed by atoms with E-state index in [4.69, 9.17) is 0 Å². The average molecular weight is 634 g/mol. The Morgan fingerprint density at radius 1 is 0.349 bits per heavy atom. The van der Waals surface area contributed by atoms with Crippen LogP contribution in [-0.2, 0) is 45.6 Å². The third-order valence-electron chi connectivity index (χ3n) is 7.12. The Labute approximate surface area is 284 Å². The van der Waals surface area contributed by atoms with Crippen molar-refractivity contribution in [2.75, 3.05) is 0 Å². The predicted molar refractivity (Wildman–Crippen MR) is 182 cm³/mol. The SMILES string of the molecule is CC.CC.[Y].[c-]1ccccc1-c1[c-]cccc1.c1ccc2c(c1)Cc1ccccc1-2.c1ccc2c(c1)Cc1ccccc1-2. The maximum Gasteiger partial charge on any atom is 0 e. The first-order chi connectivity index (χ1) is 20.9. The van der Waals surface area contributed by atoms with Crippen LogP contribution in [0, 0.1) is 12.1 Å². The number of benzene rings is 6. The topological polar surface area (TPSA) is 0 Å². The van der Waals surface area contributed by atoms with E-state index in [0.717, 1.165) is 24.0 Å². The summed E-state index contributed by atoms with van der Waals surface area (Å²) < 4.78 is 0. The van der Waals surface area contributed by atoms with E-state index < -0.39 is 0 Å². The summed E-state index contributed by atoms with van der Waals surface area (Å²) in [5.74, 6) is 0. The van der Waals surface area contributed by atoms with Crippen molar-refractivity contribution in [3.63, 3.8) is 0 Å². The van der Waals surface area contributed by atoms with E-state index in [0.29, 0.717) is 0 Å². The molecule has 0 aliphatic heterocycles. The number of hydrogen-bond acceptors (Lipinski definition) is 0. The smallest absolute Gasteiger partial charge is 0 e. The first-order valence-corrected chi connectivity index (χ1v) is 15.1. The van der Waals surface area contributed by atoms with Crippen LogP contribution in [0.15, 0.2) is 146 Å². The van der Waals surface area contributed by atoms with Crippen molar-refractivity contribution in [2.24, 2.45) is 0 Å². The van der Waals surface area contributed by atoms with Gasteiger partial charge in [-0.05, 0) is 57.3 Å². The summed E-state index contributed by atoms with van der Waals surface area (Å²) in [6.45, 7) is 8.00. The average Bonchev–Trinajstić information content (AvgIpc) is 3.67. The quantitative estimate of drug-likeness (QED) is 0.158. The van der Waals surface area contributed by atoms with Crippen molar-refractivity contribution in [1.29, 1.82) is 0 Å². The zero-order valence-corrected chi connectivity index (χ0v) is 28.7. The molecule has 0 unspecified atom stereocenters. The molecule has 6 aromatic carbocycles. The molecule has 0 fully saturated rings. The summed E-state index contributed by atoms with van der Waals surface area (Å²) >= 11 is 0. The van der Waals surface area contributed by atoms with Crippen molar-refractivity contribution in [3.8, 4) is 33.4 Å². The van der Waals surface area contributed by atoms with Crippen LogP contribution in [0.2, 0.25) is 0 Å². The van der Waals surface area contributed by atoms with Crippen LogP contribution in [0.5, 0.6) is 0 Å². The second kappa shape index (κ2) is 18.2. The van der Waals surface area contributed by atoms with Crippen molar-refractivity contribution < 1.29 is 32.7 Å². The molecule has 8 rings (SSSR count). The number of fused-ring (bicyclic) bond motifs is 6. The Bertz CT molecular complexity index is 1440. The van der Waals surface area contributed by atoms with Gasteiger partial charge in [0.05, 0.1) is 0 Å². The molecule has 0 saturated carbocycles. The molecule has 213 valence electrons. The van der Waals surface area contributed by atoms with Gasteiger partial charge in [0.2, 0.25) is 0 Å². The predicted octanol–water partition coefficient (Wildman–Crippen LogP) is 11.5. The molecule has 1 heteroatoms. The fourth-order valence-corrected chi connectivity index (χ4v) is 5.28. The summed E-state index contributed by atoms with van der Waals surface area (Å²) in [6, 6.07) is 56.8. The normalized spacial score (nSPS) is 10.4. The van der Waals surface area contributed by atoms with Gasteiger partial charge in [0.25, 0.3) is 0 Å². The molecule has 0 amide bonds. The standard InChI is InChI=1S/2C13H10.C12H8.2C2H6.Y/c2*1-3-7-12-10(5-1)9-11-6-2-4-8-13(11)12;1-3-7-11(8-4-1)12-9-5-2-6-10-12;2*1-2;/h2*1-8H,9H2;1-7,9H;2*1-2H3;/q;;-2;;;. The molecule has 43 heavy (non-hydrogen) atoms. The zero-order chi connectivity index (χ0) is 29.6. The maximum absolute atomic E-state index is 3.15. The first-order valence-electron chi connectivity index (χ1n) is 15.1. The molecule has 0 atom stereocenters. The molecule has 0 N–H and O–H groups in total. The van der Waals surface area contributed by atoms with E-state index in [1.165, 1.54) is 44.5 Å². The van der Waals surface area contributed by atoms with Gasteiger partial charge in [-0.15, -0.1) is 12.1 Å². The van der Waals surface area contributed by atoms with Crippen LogP contribution in [0.3, 0.4) is 0 Å². The van der Waals surface area contributed by atoms with Crippen molar-refractivity contribution >= 4 is 0 Å². The third-order valence-corrected chi connectivity index (χ3v) is 7.12. The molecular formula is C42H40Y-2. The van der Waals surface area contributed by atoms with Gasteiger partial charge in [-0.3, -0.25) is 0 Å². The molecule has 0 heterocycles. The molecule has 0 bridgehead atoms. The van der Waals surface area contributed by atoms with Gasteiger partial charge >= 0.3 is 0 Å². The fraction of sp³-hybridized carbons (Fsp3) is 0.143. The summed E-state index contributed by atoms with van der Waals surface area (Å²) in [4.78, 5) is 0. The Morgan fingerprint density at radius 2 is 0.605 bits per heavy atom. The fourth-order valence-electron chi connectivity index (χ4n) is 5.28. The van der Waals surface area contributed by atoms with Crippen LogP contribution in [0.1, 0.15) is 49.9 Å². The van der Waals surface area contributed by atoms with E-state index in [9.17, 15) is 0 Å². The molecular weight excluding hydrogens is 593 g/mol. The largest absolute Gasteiger partial charge is 0.226 e. The zero-order valence-electron chi connectivity index (χ0n) is 25.8. The van der Waals surface area contributed by atoms with E-state index >= 15 is 0 Å². The summed E-state index contributed by atoms with van der Waals surface area (Å²) in [5.41, 5.74) is 13.7. The molecule has 2 aliphatic carbocycles. The van der Waals surface area contributed by atoms with E-state index in [1.807, 2.05) is 76.2 Å². The minimum Gasteiger partial charge on any atom is -0.226 e. The van der Waals surface area contributed by atoms with Gasteiger partial charge in [-0.1, -0.05) is 125 Å². The molecule has 0 aromatic heterocycles. The summed E-state index contributed by atoms with van der Waals surface area (Å²) in [5, 5.41) is 0. The molecule has 0 saturated heterocycles. The molecule has 0 spiro atoms. The Kier molecular flexibility index (Phi) is 14.3. The van der Waals surface area contributed by atoms with Crippen LogP contribution < -0.4 is 0 Å². The molecule has 1 radical (unpaired) electrons. The monoisotopic (exact) mass is 633 g/mol. The van der Waals surface area contributed by atoms with Gasteiger partial charge in [0, 0.05) is 32.7 Å². The Morgan fingerprint density at radius 3 is 0.860 bits per heavy atom. The number of rotatable bonds is 1. The van der Waals surface area contributed by atoms with Crippen LogP contribution in [-0.4, -0.2) is 0 Å². The third kappa shape index (κ3) is 8.73. The van der Waals surface area contributed by atoms with E-state index in [-0.39, 0.29) is 32.7 Å². The number of hydrogen-bond donors (Lipinski definition) is 0. The van der Waals surface area contributed by atoms with Crippen LogP contribution in [0.4, 0.5) is 0 Å². The van der Waals surface area contributed by atoms with Crippen molar-refractivity contribution in [3.05, 3.63) is 180 Å². The molecule has 0 nitrogen and oxygen atoms in total. The van der Waals surface area contributed by atoms with Crippen molar-refractivity contribution in [1.82, 2.24) is 0 Å². The first kappa shape index (κ1) is 33.9. The van der Waals surface area contributed by atoms with Gasteiger partial charge in [0.15, 0.2) is 0 Å². The van der Waals surface area contributed by atoms with Gasteiger partial charge in [-0.2, -0.15) is 48.5 Å². The van der Waals surface area contributed by atoms with Crippen LogP contribution >= 0.6 is 0 Å². The Hall–Kier alpha value is -3.58. The second-order valence-electron chi connectivity index (χ2n) is 9.53. The van der Waals surface area contributed by atoms with E-state index in [1.54, 1.807) is 0 Å². The van der Waals surface area contributed by atoms with Gasteiger partial charge in [0.1, 0.15) is 0 Å². The minimum absolute atomic E-state index is 0. The second-order valence-corrected chi connectivity index (χ2v) is 9.53. The maximum atomic E-state index is 3.15. The van der Waals surface area contributed by atoms with Gasteiger partial charge < -0.3 is 0 Å². The molecule has 6 aromatic rings.